The number of aryl methyl sites for hydroxylation is 1. The Bertz CT molecular complexity index is 1220. The Labute approximate surface area is 162 Å². The third-order valence-corrected chi connectivity index (χ3v) is 5.49. The molecule has 3 heterocycles. The van der Waals surface area contributed by atoms with Crippen molar-refractivity contribution < 1.29 is 4.79 Å². The summed E-state index contributed by atoms with van der Waals surface area (Å²) in [5.74, 6) is 0.0437. The average Bonchev–Trinajstić information content (AvgIpc) is 3.37. The molecular formula is C22H21N5O. The molecule has 4 aromatic rings. The van der Waals surface area contributed by atoms with E-state index in [0.717, 1.165) is 29.5 Å². The van der Waals surface area contributed by atoms with Crippen molar-refractivity contribution >= 4 is 33.4 Å². The minimum absolute atomic E-state index is 0.0437. The lowest BCUT2D eigenvalue weighted by Crippen LogP contribution is -2.34. The summed E-state index contributed by atoms with van der Waals surface area (Å²) in [7, 11) is 0. The molecule has 0 unspecified atom stereocenters. The zero-order valence-electron chi connectivity index (χ0n) is 15.7. The van der Waals surface area contributed by atoms with Gasteiger partial charge >= 0.3 is 0 Å². The second-order valence-corrected chi connectivity index (χ2v) is 7.09. The summed E-state index contributed by atoms with van der Waals surface area (Å²) >= 11 is 0. The highest BCUT2D eigenvalue weighted by Gasteiger charge is 2.21. The molecule has 1 aliphatic heterocycles. The highest BCUT2D eigenvalue weighted by Crippen LogP contribution is 2.29. The maximum atomic E-state index is 13.0. The third kappa shape index (κ3) is 2.69. The number of aromatic amines is 1. The zero-order valence-corrected chi connectivity index (χ0v) is 15.7. The number of carbonyl (C=O) groups excluding carboxylic acids is 1. The van der Waals surface area contributed by atoms with E-state index in [4.69, 9.17) is 0 Å². The molecule has 0 aliphatic carbocycles. The summed E-state index contributed by atoms with van der Waals surface area (Å²) in [4.78, 5) is 18.2. The van der Waals surface area contributed by atoms with Crippen LogP contribution in [0.3, 0.4) is 0 Å². The van der Waals surface area contributed by atoms with Crippen molar-refractivity contribution in [2.24, 2.45) is 0 Å². The van der Waals surface area contributed by atoms with Crippen LogP contribution in [0.5, 0.6) is 0 Å². The number of fused-ring (bicyclic) bond motifs is 2. The third-order valence-electron chi connectivity index (χ3n) is 5.49. The lowest BCUT2D eigenvalue weighted by Gasteiger charge is -2.26. The minimum Gasteiger partial charge on any atom is -0.361 e. The largest absolute Gasteiger partial charge is 0.361 e. The molecule has 5 rings (SSSR count). The molecule has 0 fully saturated rings. The van der Waals surface area contributed by atoms with Gasteiger partial charge in [0.1, 0.15) is 5.52 Å². The highest BCUT2D eigenvalue weighted by atomic mass is 16.2. The normalized spacial score (nSPS) is 14.6. The molecular weight excluding hydrogens is 350 g/mol. The van der Waals surface area contributed by atoms with E-state index in [1.165, 1.54) is 16.5 Å². The molecule has 28 heavy (non-hydrogen) atoms. The molecule has 0 radical (unpaired) electrons. The fraction of sp³-hybridized carbons (Fsp3) is 0.227. The van der Waals surface area contributed by atoms with E-state index in [2.05, 4.69) is 45.8 Å². The van der Waals surface area contributed by atoms with Crippen LogP contribution in [0, 0.1) is 0 Å². The Morgan fingerprint density at radius 3 is 2.93 bits per heavy atom. The van der Waals surface area contributed by atoms with Crippen LogP contribution in [0.2, 0.25) is 0 Å². The van der Waals surface area contributed by atoms with Gasteiger partial charge in [0.25, 0.3) is 5.91 Å². The molecule has 2 aromatic heterocycles. The van der Waals surface area contributed by atoms with Crippen LogP contribution in [0.4, 0.5) is 0 Å². The minimum atomic E-state index is 0.0437. The van der Waals surface area contributed by atoms with Gasteiger partial charge < -0.3 is 9.88 Å². The maximum absolute atomic E-state index is 13.0. The van der Waals surface area contributed by atoms with Gasteiger partial charge in [-0.15, -0.1) is 5.10 Å². The molecule has 1 aliphatic rings. The molecule has 0 saturated heterocycles. The number of para-hydroxylation sites is 1. The van der Waals surface area contributed by atoms with Crippen molar-refractivity contribution in [3.8, 4) is 0 Å². The van der Waals surface area contributed by atoms with Gasteiger partial charge in [0.05, 0.1) is 5.52 Å². The van der Waals surface area contributed by atoms with E-state index in [1.807, 2.05) is 40.8 Å². The number of amides is 1. The average molecular weight is 371 g/mol. The van der Waals surface area contributed by atoms with Gasteiger partial charge in [0, 0.05) is 47.9 Å². The Morgan fingerprint density at radius 2 is 2.11 bits per heavy atom. The molecule has 6 heteroatoms. The summed E-state index contributed by atoms with van der Waals surface area (Å²) < 4.78 is 1.83. The lowest BCUT2D eigenvalue weighted by atomic mass is 9.98. The molecule has 2 aromatic carbocycles. The Balaban J connectivity index is 1.38. The number of hydrogen-bond donors (Lipinski definition) is 1. The molecule has 1 N–H and O–H groups in total. The number of aromatic nitrogens is 4. The molecule has 1 amide bonds. The van der Waals surface area contributed by atoms with Gasteiger partial charge in [-0.3, -0.25) is 4.79 Å². The van der Waals surface area contributed by atoms with Gasteiger partial charge in [-0.05, 0) is 43.2 Å². The molecule has 0 spiro atoms. The first-order valence-electron chi connectivity index (χ1n) is 9.62. The van der Waals surface area contributed by atoms with Gasteiger partial charge in [0.2, 0.25) is 0 Å². The predicted octanol–water partition coefficient (Wildman–Crippen LogP) is 3.86. The number of benzene rings is 2. The number of nitrogens with zero attached hydrogens (tertiary/aromatic N) is 4. The van der Waals surface area contributed by atoms with E-state index in [0.29, 0.717) is 18.7 Å². The topological polar surface area (TPSA) is 66.8 Å². The van der Waals surface area contributed by atoms with Crippen LogP contribution < -0.4 is 0 Å². The monoisotopic (exact) mass is 371 g/mol. The summed E-state index contributed by atoms with van der Waals surface area (Å²) in [6.45, 7) is 4.12. The predicted molar refractivity (Wildman–Crippen MR) is 110 cm³/mol. The van der Waals surface area contributed by atoms with Crippen LogP contribution in [-0.2, 0) is 6.54 Å². The highest BCUT2D eigenvalue weighted by molar-refractivity contribution is 5.98. The second kappa shape index (κ2) is 6.64. The van der Waals surface area contributed by atoms with Gasteiger partial charge in [-0.25, -0.2) is 4.68 Å². The smallest absolute Gasteiger partial charge is 0.254 e. The number of rotatable bonds is 3. The molecule has 140 valence electrons. The Kier molecular flexibility index (Phi) is 3.97. The van der Waals surface area contributed by atoms with Gasteiger partial charge in [0.15, 0.2) is 0 Å². The fourth-order valence-corrected chi connectivity index (χ4v) is 3.96. The summed E-state index contributed by atoms with van der Waals surface area (Å²) in [6.07, 6.45) is 5.09. The Morgan fingerprint density at radius 1 is 1.21 bits per heavy atom. The quantitative estimate of drug-likeness (QED) is 0.595. The second-order valence-electron chi connectivity index (χ2n) is 7.09. The van der Waals surface area contributed by atoms with E-state index in [-0.39, 0.29) is 5.91 Å². The van der Waals surface area contributed by atoms with Crippen LogP contribution in [0.15, 0.2) is 54.7 Å². The van der Waals surface area contributed by atoms with Crippen molar-refractivity contribution in [3.05, 3.63) is 65.9 Å². The number of H-pyrrole nitrogens is 1. The summed E-state index contributed by atoms with van der Waals surface area (Å²) in [5.41, 5.74) is 6.06. The lowest BCUT2D eigenvalue weighted by molar-refractivity contribution is 0.0773. The van der Waals surface area contributed by atoms with E-state index in [9.17, 15) is 4.79 Å². The first kappa shape index (κ1) is 16.7. The summed E-state index contributed by atoms with van der Waals surface area (Å²) in [6, 6.07) is 14.0. The standard InChI is InChI=1S/C22H21N5O/c1-2-27-21-8-7-16(13-20(21)24-25-27)22(28)26-11-9-15(10-12-26)18-14-23-19-6-4-3-5-17(18)19/h3-9,13-14,23H,2,10-12H2,1H3. The number of hydrogen-bond acceptors (Lipinski definition) is 3. The van der Waals surface area contributed by atoms with Crippen molar-refractivity contribution in [1.82, 2.24) is 24.9 Å². The van der Waals surface area contributed by atoms with Crippen molar-refractivity contribution in [2.45, 2.75) is 19.9 Å². The number of nitrogens with one attached hydrogen (secondary N) is 1. The zero-order chi connectivity index (χ0) is 19.1. The molecule has 0 bridgehead atoms. The molecule has 0 saturated carbocycles. The van der Waals surface area contributed by atoms with Crippen LogP contribution >= 0.6 is 0 Å². The fourth-order valence-electron chi connectivity index (χ4n) is 3.96. The molecule has 0 atom stereocenters. The van der Waals surface area contributed by atoms with Crippen LogP contribution in [0.25, 0.3) is 27.5 Å². The SMILES string of the molecule is CCn1nnc2cc(C(=O)N3CC=C(c4c[nH]c5ccccc45)CC3)ccc21. The van der Waals surface area contributed by atoms with Crippen molar-refractivity contribution in [3.63, 3.8) is 0 Å². The van der Waals surface area contributed by atoms with E-state index >= 15 is 0 Å². The first-order chi connectivity index (χ1) is 13.7. The maximum Gasteiger partial charge on any atom is 0.254 e. The molecule has 6 nitrogen and oxygen atoms in total. The Hall–Kier alpha value is -3.41. The van der Waals surface area contributed by atoms with Crippen molar-refractivity contribution in [2.75, 3.05) is 13.1 Å². The van der Waals surface area contributed by atoms with Crippen LogP contribution in [-0.4, -0.2) is 43.9 Å². The summed E-state index contributed by atoms with van der Waals surface area (Å²) in [5, 5.41) is 9.53. The van der Waals surface area contributed by atoms with Crippen molar-refractivity contribution in [1.29, 1.82) is 0 Å². The van der Waals surface area contributed by atoms with Crippen LogP contribution in [0.1, 0.15) is 29.3 Å². The first-order valence-corrected chi connectivity index (χ1v) is 9.62. The van der Waals surface area contributed by atoms with Gasteiger partial charge in [-0.1, -0.05) is 29.5 Å². The van der Waals surface area contributed by atoms with Gasteiger partial charge in [-0.2, -0.15) is 0 Å². The number of carbonyl (C=O) groups is 1. The van der Waals surface area contributed by atoms with E-state index in [1.54, 1.807) is 0 Å². The van der Waals surface area contributed by atoms with E-state index < -0.39 is 0 Å².